The van der Waals surface area contributed by atoms with Crippen molar-refractivity contribution in [3.05, 3.63) is 29.6 Å². The van der Waals surface area contributed by atoms with Crippen molar-refractivity contribution in [3.8, 4) is 5.75 Å². The van der Waals surface area contributed by atoms with Crippen LogP contribution in [-0.4, -0.2) is 39.7 Å². The predicted octanol–water partition coefficient (Wildman–Crippen LogP) is 1.45. The van der Waals surface area contributed by atoms with E-state index in [1.54, 1.807) is 20.8 Å². The van der Waals surface area contributed by atoms with Crippen molar-refractivity contribution >= 4 is 6.09 Å². The number of amides is 1. The summed E-state index contributed by atoms with van der Waals surface area (Å²) in [4.78, 5) is 11.4. The molecule has 6 nitrogen and oxygen atoms in total. The molecule has 0 bridgehead atoms. The number of ether oxygens (including phenoxy) is 1. The van der Waals surface area contributed by atoms with Crippen LogP contribution in [0.1, 0.15) is 32.4 Å². The van der Waals surface area contributed by atoms with Gasteiger partial charge in [-0.25, -0.2) is 9.18 Å². The SMILES string of the molecule is CC(C)(C)OC(=O)NCC(O)C(O)c1ccc(F)cc1O. The van der Waals surface area contributed by atoms with E-state index >= 15 is 0 Å². The highest BCUT2D eigenvalue weighted by molar-refractivity contribution is 5.67. The number of nitrogens with one attached hydrogen (secondary N) is 1. The number of hydrogen-bond donors (Lipinski definition) is 4. The van der Waals surface area contributed by atoms with Gasteiger partial charge in [0.1, 0.15) is 29.4 Å². The van der Waals surface area contributed by atoms with Gasteiger partial charge in [0.25, 0.3) is 0 Å². The molecule has 2 atom stereocenters. The number of carbonyl (C=O) groups excluding carboxylic acids is 1. The van der Waals surface area contributed by atoms with Crippen molar-refractivity contribution in [1.82, 2.24) is 5.32 Å². The van der Waals surface area contributed by atoms with E-state index in [0.29, 0.717) is 0 Å². The summed E-state index contributed by atoms with van der Waals surface area (Å²) in [6, 6.07) is 3.03. The number of aliphatic hydroxyl groups is 2. The maximum absolute atomic E-state index is 12.8. The summed E-state index contributed by atoms with van der Waals surface area (Å²) in [5.41, 5.74) is -0.710. The Morgan fingerprint density at radius 3 is 2.52 bits per heavy atom. The Balaban J connectivity index is 2.59. The highest BCUT2D eigenvalue weighted by atomic mass is 19.1. The fourth-order valence-electron chi connectivity index (χ4n) is 1.59. The van der Waals surface area contributed by atoms with Crippen molar-refractivity contribution in [2.45, 2.75) is 38.6 Å². The number of aromatic hydroxyl groups is 1. The number of aliphatic hydroxyl groups excluding tert-OH is 2. The molecule has 4 N–H and O–H groups in total. The van der Waals surface area contributed by atoms with Crippen LogP contribution in [0.5, 0.6) is 5.75 Å². The summed E-state index contributed by atoms with van der Waals surface area (Å²) < 4.78 is 17.8. The minimum absolute atomic E-state index is 0.0325. The van der Waals surface area contributed by atoms with Crippen molar-refractivity contribution in [3.63, 3.8) is 0 Å². The molecule has 0 fully saturated rings. The van der Waals surface area contributed by atoms with Gasteiger partial charge in [0.15, 0.2) is 0 Å². The topological polar surface area (TPSA) is 99.0 Å². The van der Waals surface area contributed by atoms with Gasteiger partial charge in [0.05, 0.1) is 0 Å². The van der Waals surface area contributed by atoms with Crippen LogP contribution in [0.3, 0.4) is 0 Å². The molecular formula is C14H20FNO5. The van der Waals surface area contributed by atoms with Gasteiger partial charge >= 0.3 is 6.09 Å². The van der Waals surface area contributed by atoms with E-state index in [2.05, 4.69) is 5.32 Å². The van der Waals surface area contributed by atoms with Gasteiger partial charge in [0.2, 0.25) is 0 Å². The zero-order chi connectivity index (χ0) is 16.2. The highest BCUT2D eigenvalue weighted by Crippen LogP contribution is 2.26. The van der Waals surface area contributed by atoms with Gasteiger partial charge in [-0.3, -0.25) is 0 Å². The minimum atomic E-state index is -1.47. The molecule has 0 spiro atoms. The average Bonchev–Trinajstić information content (AvgIpc) is 2.33. The lowest BCUT2D eigenvalue weighted by Gasteiger charge is -2.22. The number of alkyl carbamates (subject to hydrolysis) is 1. The molecule has 0 saturated carbocycles. The summed E-state index contributed by atoms with van der Waals surface area (Å²) >= 11 is 0. The van der Waals surface area contributed by atoms with Crippen LogP contribution >= 0.6 is 0 Å². The molecule has 1 rings (SSSR count). The van der Waals surface area contributed by atoms with Crippen LogP contribution in [0.25, 0.3) is 0 Å². The van der Waals surface area contributed by atoms with Crippen molar-refractivity contribution < 1.29 is 29.2 Å². The van der Waals surface area contributed by atoms with Gasteiger partial charge < -0.3 is 25.4 Å². The summed E-state index contributed by atoms with van der Waals surface area (Å²) in [7, 11) is 0. The second-order valence-corrected chi connectivity index (χ2v) is 5.60. The molecule has 0 aromatic heterocycles. The van der Waals surface area contributed by atoms with Crippen molar-refractivity contribution in [1.29, 1.82) is 0 Å². The van der Waals surface area contributed by atoms with Crippen LogP contribution < -0.4 is 5.32 Å². The predicted molar refractivity (Wildman–Crippen MR) is 73.3 cm³/mol. The molecule has 0 aliphatic heterocycles. The number of phenolic OH excluding ortho intramolecular Hbond substituents is 1. The Labute approximate surface area is 122 Å². The van der Waals surface area contributed by atoms with Crippen LogP contribution in [0.15, 0.2) is 18.2 Å². The fourth-order valence-corrected chi connectivity index (χ4v) is 1.59. The lowest BCUT2D eigenvalue weighted by atomic mass is 10.0. The number of phenols is 1. The molecule has 0 aliphatic carbocycles. The van der Waals surface area contributed by atoms with Crippen LogP contribution in [-0.2, 0) is 4.74 Å². The van der Waals surface area contributed by atoms with E-state index in [9.17, 15) is 24.5 Å². The third-order valence-electron chi connectivity index (χ3n) is 2.53. The number of halogens is 1. The molecule has 2 unspecified atom stereocenters. The van der Waals surface area contributed by atoms with Crippen molar-refractivity contribution in [2.24, 2.45) is 0 Å². The maximum atomic E-state index is 12.8. The Morgan fingerprint density at radius 2 is 2.00 bits per heavy atom. The zero-order valence-corrected chi connectivity index (χ0v) is 12.1. The van der Waals surface area contributed by atoms with E-state index in [1.165, 1.54) is 0 Å². The Hall–Kier alpha value is -1.86. The molecule has 0 radical (unpaired) electrons. The standard InChI is InChI=1S/C14H20FNO5/c1-14(2,3)21-13(20)16-7-11(18)12(19)9-5-4-8(15)6-10(9)17/h4-6,11-12,17-19H,7H2,1-3H3,(H,16,20). The van der Waals surface area contributed by atoms with Gasteiger partial charge in [-0.05, 0) is 32.9 Å². The highest BCUT2D eigenvalue weighted by Gasteiger charge is 2.23. The quantitative estimate of drug-likeness (QED) is 0.674. The van der Waals surface area contributed by atoms with E-state index in [-0.39, 0.29) is 12.1 Å². The second kappa shape index (κ2) is 6.73. The van der Waals surface area contributed by atoms with E-state index in [4.69, 9.17) is 4.74 Å². The molecule has 1 aromatic carbocycles. The molecule has 0 saturated heterocycles. The average molecular weight is 301 g/mol. The summed E-state index contributed by atoms with van der Waals surface area (Å²) in [5, 5.41) is 31.5. The van der Waals surface area contributed by atoms with E-state index < -0.39 is 35.5 Å². The zero-order valence-electron chi connectivity index (χ0n) is 12.1. The Bertz CT molecular complexity index is 501. The Kier molecular flexibility index (Phi) is 5.51. The number of hydrogen-bond acceptors (Lipinski definition) is 5. The van der Waals surface area contributed by atoms with Gasteiger partial charge in [-0.2, -0.15) is 0 Å². The first-order chi connectivity index (χ1) is 9.60. The van der Waals surface area contributed by atoms with Crippen LogP contribution in [0, 0.1) is 5.82 Å². The largest absolute Gasteiger partial charge is 0.507 e. The minimum Gasteiger partial charge on any atom is -0.507 e. The van der Waals surface area contributed by atoms with E-state index in [1.807, 2.05) is 0 Å². The number of rotatable bonds is 4. The lowest BCUT2D eigenvalue weighted by molar-refractivity contribution is 0.0119. The normalized spacial score (nSPS) is 14.4. The number of carbonyl (C=O) groups is 1. The molecular weight excluding hydrogens is 281 g/mol. The smallest absolute Gasteiger partial charge is 0.407 e. The summed E-state index contributed by atoms with van der Waals surface area (Å²) in [6.45, 7) is 4.78. The van der Waals surface area contributed by atoms with Gasteiger partial charge in [-0.1, -0.05) is 0 Å². The number of benzene rings is 1. The Morgan fingerprint density at radius 1 is 1.38 bits per heavy atom. The molecule has 0 aliphatic rings. The first-order valence-electron chi connectivity index (χ1n) is 6.41. The molecule has 0 heterocycles. The fraction of sp³-hybridized carbons (Fsp3) is 0.500. The third-order valence-corrected chi connectivity index (χ3v) is 2.53. The van der Waals surface area contributed by atoms with Crippen LogP contribution in [0.2, 0.25) is 0 Å². The molecule has 7 heteroatoms. The lowest BCUT2D eigenvalue weighted by Crippen LogP contribution is -2.38. The summed E-state index contributed by atoms with van der Waals surface area (Å²) in [5.74, 6) is -1.14. The molecule has 21 heavy (non-hydrogen) atoms. The van der Waals surface area contributed by atoms with Gasteiger partial charge in [0, 0.05) is 18.2 Å². The molecule has 118 valence electrons. The van der Waals surface area contributed by atoms with Gasteiger partial charge in [-0.15, -0.1) is 0 Å². The van der Waals surface area contributed by atoms with Crippen molar-refractivity contribution in [2.75, 3.05) is 6.54 Å². The molecule has 1 amide bonds. The second-order valence-electron chi connectivity index (χ2n) is 5.60. The maximum Gasteiger partial charge on any atom is 0.407 e. The first kappa shape index (κ1) is 17.2. The van der Waals surface area contributed by atoms with Crippen LogP contribution in [0.4, 0.5) is 9.18 Å². The molecule has 1 aromatic rings. The summed E-state index contributed by atoms with van der Waals surface area (Å²) in [6.07, 6.45) is -3.59. The monoisotopic (exact) mass is 301 g/mol. The van der Waals surface area contributed by atoms with E-state index in [0.717, 1.165) is 18.2 Å². The first-order valence-corrected chi connectivity index (χ1v) is 6.41. The third kappa shape index (κ3) is 5.57.